The minimum atomic E-state index is -0.563. The number of halogens is 1. The summed E-state index contributed by atoms with van der Waals surface area (Å²) in [6, 6.07) is 11.2. The number of Topliss-reactive ketones (excluding diaryl/α,β-unsaturated/α-hetero) is 1. The predicted octanol–water partition coefficient (Wildman–Crippen LogP) is 4.61. The van der Waals surface area contributed by atoms with Crippen LogP contribution in [0.15, 0.2) is 53.1 Å². The number of H-pyrrole nitrogens is 1. The van der Waals surface area contributed by atoms with Gasteiger partial charge in [-0.15, -0.1) is 0 Å². The van der Waals surface area contributed by atoms with Crippen LogP contribution in [0.1, 0.15) is 44.7 Å². The van der Waals surface area contributed by atoms with Gasteiger partial charge in [-0.1, -0.05) is 12.1 Å². The molecule has 0 unspecified atom stereocenters. The molecule has 1 amide bonds. The average molecular weight is 433 g/mol. The Morgan fingerprint density at radius 2 is 2.03 bits per heavy atom. The number of ether oxygens (including phenoxy) is 1. The SMILES string of the molecule is COc1c(C(=O)NCc2ccco2)ccc2[nH]nc(C=Cc3ccc(F)c(C(C)=O)c3)c12. The van der Waals surface area contributed by atoms with E-state index in [-0.39, 0.29) is 23.8 Å². The van der Waals surface area contributed by atoms with Gasteiger partial charge in [0, 0.05) is 0 Å². The van der Waals surface area contributed by atoms with Gasteiger partial charge in [-0.3, -0.25) is 14.7 Å². The van der Waals surface area contributed by atoms with Crippen LogP contribution < -0.4 is 10.1 Å². The standard InChI is InChI=1S/C24H20FN3O4/c1-14(29)18-12-15(5-8-19(18)25)6-9-20-22-21(28-27-20)10-7-17(23(22)31-2)24(30)26-13-16-4-3-11-32-16/h3-12H,13H2,1-2H3,(H,26,30)(H,27,28). The molecule has 7 nitrogen and oxygen atoms in total. The minimum Gasteiger partial charge on any atom is -0.495 e. The molecular formula is C24H20FN3O4. The molecule has 0 radical (unpaired) electrons. The molecule has 162 valence electrons. The van der Waals surface area contributed by atoms with Gasteiger partial charge in [0.2, 0.25) is 0 Å². The summed E-state index contributed by atoms with van der Waals surface area (Å²) in [6.07, 6.45) is 4.96. The number of carbonyl (C=O) groups excluding carboxylic acids is 2. The zero-order chi connectivity index (χ0) is 22.7. The van der Waals surface area contributed by atoms with Crippen LogP contribution in [0.25, 0.3) is 23.1 Å². The number of nitrogens with one attached hydrogen (secondary N) is 2. The topological polar surface area (TPSA) is 97.2 Å². The van der Waals surface area contributed by atoms with Gasteiger partial charge in [0.1, 0.15) is 17.3 Å². The molecule has 2 aromatic heterocycles. The van der Waals surface area contributed by atoms with Gasteiger partial charge in [0.25, 0.3) is 5.91 Å². The summed E-state index contributed by atoms with van der Waals surface area (Å²) in [6.45, 7) is 1.56. The van der Waals surface area contributed by atoms with Crippen molar-refractivity contribution in [1.82, 2.24) is 15.5 Å². The van der Waals surface area contributed by atoms with Crippen LogP contribution in [-0.2, 0) is 6.54 Å². The Kier molecular flexibility index (Phi) is 5.85. The quantitative estimate of drug-likeness (QED) is 0.415. The second-order valence-corrected chi connectivity index (χ2v) is 7.07. The van der Waals surface area contributed by atoms with Crippen LogP contribution in [-0.4, -0.2) is 29.0 Å². The Labute approximate surface area is 182 Å². The number of benzene rings is 2. The number of furan rings is 1. The zero-order valence-electron chi connectivity index (χ0n) is 17.4. The molecule has 0 aliphatic carbocycles. The average Bonchev–Trinajstić information content (AvgIpc) is 3.46. The molecule has 8 heteroatoms. The normalized spacial score (nSPS) is 11.2. The van der Waals surface area contributed by atoms with Crippen LogP contribution >= 0.6 is 0 Å². The Balaban J connectivity index is 1.66. The number of ketones is 1. The maximum absolute atomic E-state index is 13.8. The van der Waals surface area contributed by atoms with Gasteiger partial charge in [-0.2, -0.15) is 5.10 Å². The molecular weight excluding hydrogens is 413 g/mol. The van der Waals surface area contributed by atoms with E-state index in [1.165, 1.54) is 26.2 Å². The van der Waals surface area contributed by atoms with Crippen LogP contribution in [0, 0.1) is 5.82 Å². The number of aromatic nitrogens is 2. The highest BCUT2D eigenvalue weighted by molar-refractivity contribution is 6.05. The third-order valence-corrected chi connectivity index (χ3v) is 4.97. The van der Waals surface area contributed by atoms with E-state index < -0.39 is 5.82 Å². The lowest BCUT2D eigenvalue weighted by Crippen LogP contribution is -2.23. The highest BCUT2D eigenvalue weighted by Crippen LogP contribution is 2.32. The van der Waals surface area contributed by atoms with E-state index in [0.717, 1.165) is 0 Å². The van der Waals surface area contributed by atoms with Crippen molar-refractivity contribution < 1.29 is 23.1 Å². The molecule has 32 heavy (non-hydrogen) atoms. The third-order valence-electron chi connectivity index (χ3n) is 4.97. The lowest BCUT2D eigenvalue weighted by Gasteiger charge is -2.10. The monoisotopic (exact) mass is 433 g/mol. The molecule has 2 heterocycles. The van der Waals surface area contributed by atoms with Crippen LogP contribution in [0.2, 0.25) is 0 Å². The number of hydrogen-bond acceptors (Lipinski definition) is 5. The van der Waals surface area contributed by atoms with Crippen molar-refractivity contribution in [2.24, 2.45) is 0 Å². The van der Waals surface area contributed by atoms with Crippen LogP contribution in [0.3, 0.4) is 0 Å². The summed E-state index contributed by atoms with van der Waals surface area (Å²) in [5.41, 5.74) is 2.23. The first-order valence-corrected chi connectivity index (χ1v) is 9.82. The number of amides is 1. The predicted molar refractivity (Wildman–Crippen MR) is 118 cm³/mol. The summed E-state index contributed by atoms with van der Waals surface area (Å²) in [4.78, 5) is 24.4. The van der Waals surface area contributed by atoms with Gasteiger partial charge >= 0.3 is 0 Å². The second-order valence-electron chi connectivity index (χ2n) is 7.07. The summed E-state index contributed by atoms with van der Waals surface area (Å²) in [5, 5.41) is 10.6. The van der Waals surface area contributed by atoms with Gasteiger partial charge < -0.3 is 14.5 Å². The molecule has 0 aliphatic heterocycles. The van der Waals surface area contributed by atoms with Crippen molar-refractivity contribution in [2.75, 3.05) is 7.11 Å². The molecule has 0 bridgehead atoms. The Bertz CT molecular complexity index is 1320. The smallest absolute Gasteiger partial charge is 0.255 e. The lowest BCUT2D eigenvalue weighted by atomic mass is 10.0. The van der Waals surface area contributed by atoms with Crippen LogP contribution in [0.4, 0.5) is 4.39 Å². The zero-order valence-corrected chi connectivity index (χ0v) is 17.4. The second kappa shape index (κ2) is 8.89. The summed E-state index contributed by atoms with van der Waals surface area (Å²) in [7, 11) is 1.48. The molecule has 4 aromatic rings. The molecule has 2 N–H and O–H groups in total. The first-order chi connectivity index (χ1) is 15.5. The summed E-state index contributed by atoms with van der Waals surface area (Å²) in [5.74, 6) is -0.228. The first kappa shape index (κ1) is 21.0. The molecule has 0 atom stereocenters. The van der Waals surface area contributed by atoms with Crippen molar-refractivity contribution in [3.05, 3.63) is 82.7 Å². The van der Waals surface area contributed by atoms with Gasteiger partial charge in [0.15, 0.2) is 5.78 Å². The van der Waals surface area contributed by atoms with Crippen molar-refractivity contribution >= 4 is 34.7 Å². The van der Waals surface area contributed by atoms with Crippen LogP contribution in [0.5, 0.6) is 5.75 Å². The number of aromatic amines is 1. The molecule has 0 saturated carbocycles. The summed E-state index contributed by atoms with van der Waals surface area (Å²) >= 11 is 0. The van der Waals surface area contributed by atoms with Crippen molar-refractivity contribution in [1.29, 1.82) is 0 Å². The number of methoxy groups -OCH3 is 1. The molecule has 4 rings (SSSR count). The Morgan fingerprint density at radius 3 is 2.75 bits per heavy atom. The van der Waals surface area contributed by atoms with Crippen molar-refractivity contribution in [2.45, 2.75) is 13.5 Å². The minimum absolute atomic E-state index is 0.0205. The van der Waals surface area contributed by atoms with E-state index in [9.17, 15) is 14.0 Å². The summed E-state index contributed by atoms with van der Waals surface area (Å²) < 4.78 is 24.6. The largest absolute Gasteiger partial charge is 0.495 e. The van der Waals surface area contributed by atoms with Gasteiger partial charge in [0.05, 0.1) is 47.6 Å². The third kappa shape index (κ3) is 4.15. The Morgan fingerprint density at radius 1 is 1.19 bits per heavy atom. The van der Waals surface area contributed by atoms with E-state index >= 15 is 0 Å². The molecule has 0 fully saturated rings. The van der Waals surface area contributed by atoms with Crippen molar-refractivity contribution in [3.63, 3.8) is 0 Å². The maximum atomic E-state index is 13.8. The highest BCUT2D eigenvalue weighted by Gasteiger charge is 2.19. The fourth-order valence-corrected chi connectivity index (χ4v) is 3.39. The van der Waals surface area contributed by atoms with E-state index in [4.69, 9.17) is 9.15 Å². The first-order valence-electron chi connectivity index (χ1n) is 9.82. The fraction of sp³-hybridized carbons (Fsp3) is 0.125. The molecule has 0 saturated heterocycles. The molecule has 2 aromatic carbocycles. The van der Waals surface area contributed by atoms with E-state index in [1.54, 1.807) is 48.7 Å². The van der Waals surface area contributed by atoms with E-state index in [2.05, 4.69) is 15.5 Å². The molecule has 0 spiro atoms. The number of carbonyl (C=O) groups is 2. The van der Waals surface area contributed by atoms with E-state index in [1.807, 2.05) is 0 Å². The highest BCUT2D eigenvalue weighted by atomic mass is 19.1. The number of hydrogen-bond donors (Lipinski definition) is 2. The van der Waals surface area contributed by atoms with Crippen molar-refractivity contribution in [3.8, 4) is 5.75 Å². The number of fused-ring (bicyclic) bond motifs is 1. The van der Waals surface area contributed by atoms with Gasteiger partial charge in [-0.05, 0) is 55.0 Å². The van der Waals surface area contributed by atoms with E-state index in [0.29, 0.717) is 39.2 Å². The van der Waals surface area contributed by atoms with Gasteiger partial charge in [-0.25, -0.2) is 4.39 Å². The Hall–Kier alpha value is -4.20. The lowest BCUT2D eigenvalue weighted by molar-refractivity contribution is 0.0944. The maximum Gasteiger partial charge on any atom is 0.255 e. The number of nitrogens with zero attached hydrogens (tertiary/aromatic N) is 1. The molecule has 0 aliphatic rings. The fourth-order valence-electron chi connectivity index (χ4n) is 3.39. The number of rotatable bonds is 7.